The first-order valence-electron chi connectivity index (χ1n) is 22.3. The SMILES string of the molecule is CCn1c(-c2ccc(-n3cnn(C)c3=O)cc2)cc2ccnc(C(=O)Nc3ccc(F)c(C(=O)N(C)CCCOC4CCN(c5cccc6c5n(C)c(=O)n6C5CCC(=O)NC5=O)CC4)c3)c21. The number of carbonyl (C=O) groups is 4. The Morgan fingerprint density at radius 1 is 0.940 bits per heavy atom. The van der Waals surface area contributed by atoms with Crippen molar-refractivity contribution >= 4 is 56.9 Å². The van der Waals surface area contributed by atoms with Gasteiger partial charge in [0.1, 0.15) is 18.2 Å². The molecule has 18 nitrogen and oxygen atoms in total. The van der Waals surface area contributed by atoms with Gasteiger partial charge in [-0.05, 0) is 92.8 Å². The maximum Gasteiger partial charge on any atom is 0.350 e. The molecule has 2 saturated heterocycles. The average molecular weight is 912 g/mol. The molecule has 6 heterocycles. The van der Waals surface area contributed by atoms with Crippen molar-refractivity contribution < 1.29 is 28.3 Å². The molecule has 2 aliphatic rings. The summed E-state index contributed by atoms with van der Waals surface area (Å²) in [5.74, 6) is -2.60. The van der Waals surface area contributed by atoms with Gasteiger partial charge in [-0.15, -0.1) is 0 Å². The molecule has 0 aliphatic carbocycles. The van der Waals surface area contributed by atoms with Gasteiger partial charge in [0.15, 0.2) is 5.69 Å². The molecule has 1 atom stereocenters. The van der Waals surface area contributed by atoms with Crippen LogP contribution in [-0.4, -0.2) is 101 Å². The molecular weight excluding hydrogens is 862 g/mol. The summed E-state index contributed by atoms with van der Waals surface area (Å²) in [6.07, 6.45) is 5.41. The number of aromatic nitrogens is 7. The molecule has 0 spiro atoms. The van der Waals surface area contributed by atoms with Crippen molar-refractivity contribution in [3.63, 3.8) is 0 Å². The van der Waals surface area contributed by atoms with Gasteiger partial charge in [0.2, 0.25) is 11.8 Å². The number of piperidine rings is 2. The van der Waals surface area contributed by atoms with E-state index in [4.69, 9.17) is 4.74 Å². The first-order chi connectivity index (χ1) is 32.3. The topological polar surface area (TPSA) is 193 Å². The molecule has 3 aromatic carbocycles. The number of rotatable bonds is 13. The van der Waals surface area contributed by atoms with Gasteiger partial charge in [0.25, 0.3) is 11.8 Å². The van der Waals surface area contributed by atoms with E-state index in [0.717, 1.165) is 46.8 Å². The van der Waals surface area contributed by atoms with E-state index in [0.29, 0.717) is 55.9 Å². The van der Waals surface area contributed by atoms with Gasteiger partial charge in [-0.3, -0.25) is 33.6 Å². The van der Waals surface area contributed by atoms with Crippen LogP contribution in [0.25, 0.3) is 38.9 Å². The van der Waals surface area contributed by atoms with Crippen LogP contribution in [-0.2, 0) is 35.0 Å². The number of imide groups is 1. The number of imidazole rings is 1. The van der Waals surface area contributed by atoms with Crippen molar-refractivity contribution in [2.45, 2.75) is 57.7 Å². The highest BCUT2D eigenvalue weighted by atomic mass is 19.1. The van der Waals surface area contributed by atoms with Crippen LogP contribution in [0.15, 0.2) is 94.9 Å². The normalized spacial score (nSPS) is 15.7. The number of nitrogens with zero attached hydrogens (tertiary/aromatic N) is 9. The number of hydrogen-bond donors (Lipinski definition) is 2. The number of ether oxygens (including phenoxy) is 1. The van der Waals surface area contributed by atoms with Gasteiger partial charge in [-0.1, -0.05) is 18.2 Å². The Morgan fingerprint density at radius 2 is 1.72 bits per heavy atom. The van der Waals surface area contributed by atoms with Gasteiger partial charge in [0.05, 0.1) is 39.6 Å². The molecular formula is C48H50FN11O7. The lowest BCUT2D eigenvalue weighted by atomic mass is 10.0. The first kappa shape index (κ1) is 44.5. The van der Waals surface area contributed by atoms with E-state index in [1.165, 1.54) is 37.2 Å². The molecule has 4 amide bonds. The Morgan fingerprint density at radius 3 is 2.43 bits per heavy atom. The molecule has 2 fully saturated rings. The molecule has 0 radical (unpaired) electrons. The van der Waals surface area contributed by atoms with Crippen LogP contribution in [0.2, 0.25) is 0 Å². The Balaban J connectivity index is 0.799. The number of fused-ring (bicyclic) bond motifs is 2. The van der Waals surface area contributed by atoms with E-state index in [2.05, 4.69) is 25.6 Å². The number of halogens is 1. The molecule has 67 heavy (non-hydrogen) atoms. The second-order valence-electron chi connectivity index (χ2n) is 16.9. The van der Waals surface area contributed by atoms with Gasteiger partial charge in [-0.2, -0.15) is 5.10 Å². The molecule has 7 aromatic rings. The Labute approximate surface area is 383 Å². The number of para-hydroxylation sites is 1. The van der Waals surface area contributed by atoms with Crippen LogP contribution in [0.1, 0.15) is 65.9 Å². The van der Waals surface area contributed by atoms with E-state index in [1.54, 1.807) is 31.9 Å². The number of hydrogen-bond acceptors (Lipinski definition) is 10. The van der Waals surface area contributed by atoms with Crippen LogP contribution in [0, 0.1) is 5.82 Å². The second-order valence-corrected chi connectivity index (χ2v) is 16.9. The van der Waals surface area contributed by atoms with Crippen molar-refractivity contribution in [2.75, 3.05) is 43.5 Å². The third kappa shape index (κ3) is 8.41. The predicted octanol–water partition coefficient (Wildman–Crippen LogP) is 4.78. The minimum atomic E-state index is -0.762. The fourth-order valence-electron chi connectivity index (χ4n) is 9.28. The summed E-state index contributed by atoms with van der Waals surface area (Å²) in [4.78, 5) is 85.8. The Bertz CT molecular complexity index is 3190. The molecule has 0 bridgehead atoms. The van der Waals surface area contributed by atoms with Gasteiger partial charge >= 0.3 is 11.4 Å². The van der Waals surface area contributed by atoms with Crippen molar-refractivity contribution in [1.82, 2.24) is 43.2 Å². The molecule has 346 valence electrons. The highest BCUT2D eigenvalue weighted by molar-refractivity contribution is 6.12. The third-order valence-electron chi connectivity index (χ3n) is 12.8. The van der Waals surface area contributed by atoms with E-state index in [1.807, 2.05) is 66.1 Å². The minimum absolute atomic E-state index is 0.0176. The van der Waals surface area contributed by atoms with E-state index >= 15 is 4.39 Å². The molecule has 2 N–H and O–H groups in total. The maximum atomic E-state index is 15.2. The van der Waals surface area contributed by atoms with Crippen LogP contribution in [0.3, 0.4) is 0 Å². The second kappa shape index (κ2) is 18.3. The van der Waals surface area contributed by atoms with Crippen molar-refractivity contribution in [3.8, 4) is 16.9 Å². The van der Waals surface area contributed by atoms with E-state index in [9.17, 15) is 28.8 Å². The largest absolute Gasteiger partial charge is 0.378 e. The highest BCUT2D eigenvalue weighted by Gasteiger charge is 2.33. The number of carbonyl (C=O) groups excluding carboxylic acids is 4. The molecule has 0 saturated carbocycles. The van der Waals surface area contributed by atoms with Crippen molar-refractivity contribution in [1.29, 1.82) is 0 Å². The van der Waals surface area contributed by atoms with E-state index in [-0.39, 0.29) is 53.2 Å². The number of nitrogens with one attached hydrogen (secondary N) is 2. The smallest absolute Gasteiger partial charge is 0.350 e. The number of aryl methyl sites for hydroxylation is 3. The quantitative estimate of drug-likeness (QED) is 0.120. The summed E-state index contributed by atoms with van der Waals surface area (Å²) in [5.41, 5.74) is 4.87. The maximum absolute atomic E-state index is 15.2. The Hall–Kier alpha value is -7.67. The lowest BCUT2D eigenvalue weighted by Crippen LogP contribution is -2.44. The summed E-state index contributed by atoms with van der Waals surface area (Å²) in [5, 5.41) is 9.99. The first-order valence-corrected chi connectivity index (χ1v) is 22.3. The monoisotopic (exact) mass is 911 g/mol. The summed E-state index contributed by atoms with van der Waals surface area (Å²) in [6, 6.07) is 20.1. The molecule has 19 heteroatoms. The number of benzene rings is 3. The molecule has 4 aromatic heterocycles. The van der Waals surface area contributed by atoms with Gasteiger partial charge in [0, 0.05) is 83.3 Å². The van der Waals surface area contributed by atoms with Gasteiger partial charge < -0.3 is 24.4 Å². The van der Waals surface area contributed by atoms with Crippen LogP contribution in [0.4, 0.5) is 15.8 Å². The van der Waals surface area contributed by atoms with Crippen molar-refractivity contribution in [3.05, 3.63) is 123 Å². The van der Waals surface area contributed by atoms with Crippen LogP contribution < -0.4 is 26.9 Å². The fourth-order valence-corrected chi connectivity index (χ4v) is 9.28. The Kier molecular flexibility index (Phi) is 12.2. The zero-order chi connectivity index (χ0) is 47.1. The fraction of sp³-hybridized carbons (Fsp3) is 0.333. The standard InChI is InChI=1S/C48H50FN11O7/c1-5-58-39(29-10-13-32(14-11-29)59-28-51-56(4)48(59)66)26-30-18-21-50-41(42(30)58)45(63)52-31-12-15-35(49)34(27-31)46(64)54(2)22-7-25-67-33-19-23-57(24-20-33)36-8-6-9-37-43(36)55(3)47(65)60(37)38-16-17-40(61)53-44(38)62/h6,8-15,18,21,26-28,33,38H,5,7,16-17,19-20,22-25H2,1-4H3,(H,52,63)(H,53,61,62). The van der Waals surface area contributed by atoms with E-state index < -0.39 is 29.6 Å². The van der Waals surface area contributed by atoms with Crippen LogP contribution in [0.5, 0.6) is 0 Å². The highest BCUT2D eigenvalue weighted by Crippen LogP contribution is 2.33. The number of pyridine rings is 1. The molecule has 1 unspecified atom stereocenters. The van der Waals surface area contributed by atoms with Crippen molar-refractivity contribution in [2.24, 2.45) is 14.1 Å². The molecule has 9 rings (SSSR count). The van der Waals surface area contributed by atoms with Gasteiger partial charge in [-0.25, -0.2) is 28.2 Å². The predicted molar refractivity (Wildman–Crippen MR) is 249 cm³/mol. The zero-order valence-electron chi connectivity index (χ0n) is 37.6. The summed E-state index contributed by atoms with van der Waals surface area (Å²) in [6.45, 7) is 4.54. The average Bonchev–Trinajstić information content (AvgIpc) is 3.97. The minimum Gasteiger partial charge on any atom is -0.378 e. The zero-order valence-corrected chi connectivity index (χ0v) is 37.6. The lowest BCUT2D eigenvalue weighted by Gasteiger charge is -2.34. The summed E-state index contributed by atoms with van der Waals surface area (Å²) >= 11 is 0. The number of amides is 4. The summed E-state index contributed by atoms with van der Waals surface area (Å²) in [7, 11) is 4.88. The lowest BCUT2D eigenvalue weighted by molar-refractivity contribution is -0.135. The summed E-state index contributed by atoms with van der Waals surface area (Å²) < 4.78 is 29.2. The molecule has 2 aliphatic heterocycles. The number of anilines is 2. The third-order valence-corrected chi connectivity index (χ3v) is 12.8. The van der Waals surface area contributed by atoms with Crippen LogP contribution >= 0.6 is 0 Å².